The van der Waals surface area contributed by atoms with Gasteiger partial charge in [0.25, 0.3) is 0 Å². The third-order valence-electron chi connectivity index (χ3n) is 4.97. The zero-order valence-corrected chi connectivity index (χ0v) is 20.7. The SMILES string of the molecule is C=CN.C=CNCCN(CCC)CCc1nc(C(F)(F)F)c(C(C)c2cccc(C(F)(F)F)c2)s1. The van der Waals surface area contributed by atoms with Crippen LogP contribution >= 0.6 is 11.3 Å². The quantitative estimate of drug-likeness (QED) is 0.265. The monoisotopic (exact) mass is 522 g/mol. The van der Waals surface area contributed by atoms with E-state index in [-0.39, 0.29) is 10.4 Å². The maximum absolute atomic E-state index is 13.7. The first-order valence-electron chi connectivity index (χ1n) is 11.0. The van der Waals surface area contributed by atoms with Crippen LogP contribution in [0.4, 0.5) is 26.3 Å². The Morgan fingerprint density at radius 2 is 1.77 bits per heavy atom. The summed E-state index contributed by atoms with van der Waals surface area (Å²) in [5.41, 5.74) is 2.88. The summed E-state index contributed by atoms with van der Waals surface area (Å²) < 4.78 is 80.2. The Balaban J connectivity index is 0.00000194. The van der Waals surface area contributed by atoms with Gasteiger partial charge in [0, 0.05) is 36.9 Å². The lowest BCUT2D eigenvalue weighted by molar-refractivity contribution is -0.141. The van der Waals surface area contributed by atoms with Crippen LogP contribution in [0.2, 0.25) is 0 Å². The number of hydrogen-bond acceptors (Lipinski definition) is 5. The summed E-state index contributed by atoms with van der Waals surface area (Å²) in [6, 6.07) is 4.43. The summed E-state index contributed by atoms with van der Waals surface area (Å²) in [6.45, 7) is 12.9. The molecule has 0 aliphatic heterocycles. The average molecular weight is 523 g/mol. The number of halogens is 6. The zero-order valence-electron chi connectivity index (χ0n) is 19.8. The van der Waals surface area contributed by atoms with E-state index in [1.165, 1.54) is 25.3 Å². The number of benzene rings is 1. The largest absolute Gasteiger partial charge is 0.434 e. The molecule has 0 spiro atoms. The Bertz CT molecular complexity index is 923. The molecule has 4 nitrogen and oxygen atoms in total. The van der Waals surface area contributed by atoms with Crippen molar-refractivity contribution in [3.63, 3.8) is 0 Å². The predicted octanol–water partition coefficient (Wildman–Crippen LogP) is 6.41. The van der Waals surface area contributed by atoms with E-state index in [1.54, 1.807) is 6.20 Å². The summed E-state index contributed by atoms with van der Waals surface area (Å²) in [7, 11) is 0. The Hall–Kier alpha value is -2.53. The third kappa shape index (κ3) is 9.93. The van der Waals surface area contributed by atoms with E-state index in [0.29, 0.717) is 31.1 Å². The van der Waals surface area contributed by atoms with Crippen molar-refractivity contribution in [1.82, 2.24) is 15.2 Å². The molecule has 11 heteroatoms. The van der Waals surface area contributed by atoms with Crippen molar-refractivity contribution in [2.75, 3.05) is 26.2 Å². The minimum Gasteiger partial charge on any atom is -0.405 e. The van der Waals surface area contributed by atoms with Gasteiger partial charge in [-0.25, -0.2) is 4.98 Å². The molecule has 196 valence electrons. The van der Waals surface area contributed by atoms with Gasteiger partial charge < -0.3 is 16.0 Å². The van der Waals surface area contributed by atoms with Crippen molar-refractivity contribution in [2.24, 2.45) is 5.73 Å². The van der Waals surface area contributed by atoms with Crippen LogP contribution in [0, 0.1) is 0 Å². The summed E-state index contributed by atoms with van der Waals surface area (Å²) >= 11 is 0.920. The second kappa shape index (κ2) is 14.1. The molecule has 2 aromatic rings. The molecule has 0 aliphatic carbocycles. The number of aromatic nitrogens is 1. The van der Waals surface area contributed by atoms with Gasteiger partial charge in [-0.3, -0.25) is 0 Å². The molecule has 3 N–H and O–H groups in total. The van der Waals surface area contributed by atoms with Crippen LogP contribution in [-0.2, 0) is 18.8 Å². The van der Waals surface area contributed by atoms with E-state index in [2.05, 4.69) is 34.1 Å². The van der Waals surface area contributed by atoms with Crippen molar-refractivity contribution in [1.29, 1.82) is 0 Å². The molecule has 0 radical (unpaired) electrons. The van der Waals surface area contributed by atoms with Crippen LogP contribution in [-0.4, -0.2) is 36.1 Å². The second-order valence-corrected chi connectivity index (χ2v) is 8.76. The molecular formula is C24H32F6N4S. The summed E-state index contributed by atoms with van der Waals surface area (Å²) in [5, 5.41) is 3.32. The highest BCUT2D eigenvalue weighted by Crippen LogP contribution is 2.41. The maximum atomic E-state index is 13.7. The van der Waals surface area contributed by atoms with Gasteiger partial charge in [-0.15, -0.1) is 11.3 Å². The Kier molecular flexibility index (Phi) is 12.3. The van der Waals surface area contributed by atoms with Crippen LogP contribution in [0.3, 0.4) is 0 Å². The molecular weight excluding hydrogens is 490 g/mol. The van der Waals surface area contributed by atoms with E-state index < -0.39 is 29.5 Å². The highest BCUT2D eigenvalue weighted by molar-refractivity contribution is 7.11. The lowest BCUT2D eigenvalue weighted by Gasteiger charge is -2.21. The Labute approximate surface area is 206 Å². The highest BCUT2D eigenvalue weighted by atomic mass is 32.1. The first-order chi connectivity index (χ1) is 16.4. The second-order valence-electron chi connectivity index (χ2n) is 7.65. The standard InChI is InChI=1S/C22H27F6N3S.C2H5N/c1-4-11-31(13-10-29-5-2)12-9-18-30-20(22(26,27)28)19(32-18)15(3)16-7-6-8-17(14-16)21(23,24)25;1-2-3/h5-8,14-15,29H,2,4,9-13H2,1,3H3;2H,1,3H2. The van der Waals surface area contributed by atoms with Crippen LogP contribution in [0.25, 0.3) is 0 Å². The minimum absolute atomic E-state index is 0.0674. The maximum Gasteiger partial charge on any atom is 0.434 e. The Morgan fingerprint density at radius 1 is 1.11 bits per heavy atom. The highest BCUT2D eigenvalue weighted by Gasteiger charge is 2.39. The molecule has 1 unspecified atom stereocenters. The topological polar surface area (TPSA) is 54.2 Å². The number of alkyl halides is 6. The fourth-order valence-electron chi connectivity index (χ4n) is 3.35. The molecule has 0 fully saturated rings. The molecule has 0 bridgehead atoms. The van der Waals surface area contributed by atoms with Crippen molar-refractivity contribution in [2.45, 2.75) is 45.0 Å². The van der Waals surface area contributed by atoms with E-state index in [0.717, 1.165) is 36.4 Å². The fraction of sp³-hybridized carbons (Fsp3) is 0.458. The number of nitrogens with two attached hydrogens (primary N) is 1. The summed E-state index contributed by atoms with van der Waals surface area (Å²) in [4.78, 5) is 5.90. The van der Waals surface area contributed by atoms with Gasteiger partial charge >= 0.3 is 12.4 Å². The van der Waals surface area contributed by atoms with Crippen molar-refractivity contribution < 1.29 is 26.3 Å². The van der Waals surface area contributed by atoms with Gasteiger partial charge in [-0.2, -0.15) is 26.3 Å². The molecule has 0 amide bonds. The van der Waals surface area contributed by atoms with Gasteiger partial charge in [-0.1, -0.05) is 45.2 Å². The van der Waals surface area contributed by atoms with Crippen molar-refractivity contribution in [3.05, 3.63) is 76.5 Å². The lowest BCUT2D eigenvalue weighted by atomic mass is 9.96. The normalized spacial score (nSPS) is 12.6. The van der Waals surface area contributed by atoms with Gasteiger partial charge in [0.1, 0.15) is 0 Å². The molecule has 0 aliphatic rings. The van der Waals surface area contributed by atoms with Gasteiger partial charge in [-0.05, 0) is 37.0 Å². The van der Waals surface area contributed by atoms with Crippen LogP contribution < -0.4 is 11.1 Å². The van der Waals surface area contributed by atoms with E-state index >= 15 is 0 Å². The number of hydrogen-bond donors (Lipinski definition) is 2. The van der Waals surface area contributed by atoms with Gasteiger partial charge in [0.2, 0.25) is 0 Å². The third-order valence-corrected chi connectivity index (χ3v) is 6.27. The molecule has 1 atom stereocenters. The van der Waals surface area contributed by atoms with Crippen molar-refractivity contribution in [3.8, 4) is 0 Å². The average Bonchev–Trinajstić information content (AvgIpc) is 3.22. The van der Waals surface area contributed by atoms with Gasteiger partial charge in [0.05, 0.1) is 10.6 Å². The molecule has 2 rings (SSSR count). The molecule has 1 heterocycles. The van der Waals surface area contributed by atoms with Crippen LogP contribution in [0.5, 0.6) is 0 Å². The van der Waals surface area contributed by atoms with Gasteiger partial charge in [0.15, 0.2) is 5.69 Å². The number of nitrogens with zero attached hydrogens (tertiary/aromatic N) is 2. The van der Waals surface area contributed by atoms with E-state index in [1.807, 2.05) is 6.92 Å². The van der Waals surface area contributed by atoms with Crippen LogP contribution in [0.1, 0.15) is 52.9 Å². The molecule has 35 heavy (non-hydrogen) atoms. The van der Waals surface area contributed by atoms with Crippen molar-refractivity contribution >= 4 is 11.3 Å². The number of thiazole rings is 1. The molecule has 1 aromatic carbocycles. The molecule has 1 aromatic heterocycles. The number of rotatable bonds is 11. The predicted molar refractivity (Wildman–Crippen MR) is 129 cm³/mol. The smallest absolute Gasteiger partial charge is 0.405 e. The first kappa shape index (κ1) is 30.5. The van der Waals surface area contributed by atoms with E-state index in [4.69, 9.17) is 0 Å². The van der Waals surface area contributed by atoms with Crippen LogP contribution in [0.15, 0.2) is 49.8 Å². The summed E-state index contributed by atoms with van der Waals surface area (Å²) in [6.07, 6.45) is -5.18. The van der Waals surface area contributed by atoms with E-state index in [9.17, 15) is 26.3 Å². The molecule has 0 saturated heterocycles. The summed E-state index contributed by atoms with van der Waals surface area (Å²) in [5.74, 6) is -0.872. The first-order valence-corrected chi connectivity index (χ1v) is 11.8. The molecule has 0 saturated carbocycles. The Morgan fingerprint density at radius 3 is 2.31 bits per heavy atom. The fourth-order valence-corrected chi connectivity index (χ4v) is 4.50. The lowest BCUT2D eigenvalue weighted by Crippen LogP contribution is -2.32. The number of nitrogens with one attached hydrogen (secondary N) is 1. The zero-order chi connectivity index (χ0) is 26.6. The minimum atomic E-state index is -4.68.